The standard InChI is InChI=1S/C19H29ClN2O3S/c1-19(2,3)11-17(14-5-7-15(20)8-6-14)21-18(23)12-22(4)16-9-10-26(24,25)13-16/h5-8,16-17H,9-13H2,1-4H3,(H,21,23)/t16-,17-/m1/s1. The Morgan fingerprint density at radius 1 is 1.31 bits per heavy atom. The van der Waals surface area contributed by atoms with Gasteiger partial charge in [0.1, 0.15) is 0 Å². The van der Waals surface area contributed by atoms with E-state index in [1.165, 1.54) is 0 Å². The molecule has 0 unspecified atom stereocenters. The number of likely N-dealkylation sites (N-methyl/N-ethyl adjacent to an activating group) is 1. The number of benzene rings is 1. The van der Waals surface area contributed by atoms with Crippen molar-refractivity contribution in [1.29, 1.82) is 0 Å². The molecule has 7 heteroatoms. The minimum atomic E-state index is -2.96. The summed E-state index contributed by atoms with van der Waals surface area (Å²) in [5.74, 6) is 0.251. The first-order chi connectivity index (χ1) is 12.0. The molecule has 1 aromatic rings. The topological polar surface area (TPSA) is 66.5 Å². The predicted molar refractivity (Wildman–Crippen MR) is 106 cm³/mol. The van der Waals surface area contributed by atoms with Crippen molar-refractivity contribution >= 4 is 27.3 Å². The average Bonchev–Trinajstić information content (AvgIpc) is 2.86. The van der Waals surface area contributed by atoms with Crippen LogP contribution in [0.3, 0.4) is 0 Å². The maximum Gasteiger partial charge on any atom is 0.234 e. The molecule has 0 bridgehead atoms. The Morgan fingerprint density at radius 2 is 1.92 bits per heavy atom. The third-order valence-corrected chi connectivity index (χ3v) is 6.65. The zero-order valence-corrected chi connectivity index (χ0v) is 17.5. The van der Waals surface area contributed by atoms with Crippen LogP contribution in [0.5, 0.6) is 0 Å². The molecule has 5 nitrogen and oxygen atoms in total. The zero-order valence-electron chi connectivity index (χ0n) is 16.0. The van der Waals surface area contributed by atoms with Gasteiger partial charge in [-0.2, -0.15) is 0 Å². The molecule has 1 fully saturated rings. The summed E-state index contributed by atoms with van der Waals surface area (Å²) < 4.78 is 23.3. The number of hydrogen-bond donors (Lipinski definition) is 1. The van der Waals surface area contributed by atoms with Crippen molar-refractivity contribution in [3.8, 4) is 0 Å². The number of carbonyl (C=O) groups is 1. The molecule has 2 rings (SSSR count). The Labute approximate surface area is 162 Å². The van der Waals surface area contributed by atoms with Crippen molar-refractivity contribution in [3.05, 3.63) is 34.9 Å². The van der Waals surface area contributed by atoms with E-state index >= 15 is 0 Å². The van der Waals surface area contributed by atoms with Gasteiger partial charge in [0.05, 0.1) is 24.1 Å². The predicted octanol–water partition coefficient (Wildman–Crippen LogP) is 3.05. The van der Waals surface area contributed by atoms with Gasteiger partial charge in [0, 0.05) is 11.1 Å². The Kier molecular flexibility index (Phi) is 6.75. The summed E-state index contributed by atoms with van der Waals surface area (Å²) in [6.07, 6.45) is 1.39. The smallest absolute Gasteiger partial charge is 0.234 e. The minimum Gasteiger partial charge on any atom is -0.348 e. The largest absolute Gasteiger partial charge is 0.348 e. The molecular weight excluding hydrogens is 372 g/mol. The van der Waals surface area contributed by atoms with Gasteiger partial charge < -0.3 is 5.32 Å². The van der Waals surface area contributed by atoms with Crippen LogP contribution in [-0.4, -0.2) is 50.4 Å². The van der Waals surface area contributed by atoms with Crippen LogP contribution in [0.2, 0.25) is 5.02 Å². The Bertz CT molecular complexity index is 726. The van der Waals surface area contributed by atoms with Crippen molar-refractivity contribution in [2.45, 2.75) is 45.7 Å². The van der Waals surface area contributed by atoms with Crippen LogP contribution in [0.25, 0.3) is 0 Å². The SMILES string of the molecule is CN(CC(=O)N[C@H](CC(C)(C)C)c1ccc(Cl)cc1)[C@@H]1CCS(=O)(=O)C1. The Morgan fingerprint density at radius 3 is 2.42 bits per heavy atom. The van der Waals surface area contributed by atoms with E-state index in [1.807, 2.05) is 36.2 Å². The molecule has 146 valence electrons. The van der Waals surface area contributed by atoms with E-state index in [2.05, 4.69) is 26.1 Å². The molecular formula is C19H29ClN2O3S. The number of hydrogen-bond acceptors (Lipinski definition) is 4. The third kappa shape index (κ3) is 6.56. The number of nitrogens with zero attached hydrogens (tertiary/aromatic N) is 1. The molecule has 2 atom stereocenters. The van der Waals surface area contributed by atoms with E-state index in [-0.39, 0.29) is 41.5 Å². The van der Waals surface area contributed by atoms with Gasteiger partial charge in [-0.05, 0) is 43.0 Å². The summed E-state index contributed by atoms with van der Waals surface area (Å²) in [5, 5.41) is 3.77. The van der Waals surface area contributed by atoms with Gasteiger partial charge in [-0.15, -0.1) is 0 Å². The van der Waals surface area contributed by atoms with Crippen LogP contribution in [0, 0.1) is 5.41 Å². The summed E-state index contributed by atoms with van der Waals surface area (Å²) in [5.41, 5.74) is 1.06. The lowest BCUT2D eigenvalue weighted by molar-refractivity contribution is -0.123. The molecule has 1 saturated heterocycles. The van der Waals surface area contributed by atoms with E-state index in [4.69, 9.17) is 11.6 Å². The van der Waals surface area contributed by atoms with E-state index < -0.39 is 9.84 Å². The van der Waals surface area contributed by atoms with Gasteiger partial charge in [0.2, 0.25) is 5.91 Å². The van der Waals surface area contributed by atoms with Crippen molar-refractivity contribution < 1.29 is 13.2 Å². The Balaban J connectivity index is 2.02. The number of halogens is 1. The summed E-state index contributed by atoms with van der Waals surface area (Å²) in [6.45, 7) is 6.60. The molecule has 1 heterocycles. The second-order valence-corrected chi connectivity index (χ2v) is 11.1. The summed E-state index contributed by atoms with van der Waals surface area (Å²) in [4.78, 5) is 14.4. The maximum atomic E-state index is 12.6. The third-order valence-electron chi connectivity index (χ3n) is 4.65. The second kappa shape index (κ2) is 8.28. The molecule has 1 N–H and O–H groups in total. The van der Waals surface area contributed by atoms with Crippen molar-refractivity contribution in [3.63, 3.8) is 0 Å². The van der Waals surface area contributed by atoms with Gasteiger partial charge in [-0.3, -0.25) is 9.69 Å². The highest BCUT2D eigenvalue weighted by Crippen LogP contribution is 2.30. The highest BCUT2D eigenvalue weighted by molar-refractivity contribution is 7.91. The summed E-state index contributed by atoms with van der Waals surface area (Å²) >= 11 is 5.98. The maximum absolute atomic E-state index is 12.6. The van der Waals surface area contributed by atoms with Gasteiger partial charge in [-0.1, -0.05) is 44.5 Å². The van der Waals surface area contributed by atoms with Crippen LogP contribution in [0.4, 0.5) is 0 Å². The fourth-order valence-corrected chi connectivity index (χ4v) is 5.21. The number of carbonyl (C=O) groups excluding carboxylic acids is 1. The molecule has 26 heavy (non-hydrogen) atoms. The van der Waals surface area contributed by atoms with Crippen LogP contribution >= 0.6 is 11.6 Å². The fraction of sp³-hybridized carbons (Fsp3) is 0.632. The minimum absolute atomic E-state index is 0.0447. The highest BCUT2D eigenvalue weighted by Gasteiger charge is 2.31. The second-order valence-electron chi connectivity index (χ2n) is 8.41. The van der Waals surface area contributed by atoms with Gasteiger partial charge in [-0.25, -0.2) is 8.42 Å². The van der Waals surface area contributed by atoms with Crippen LogP contribution < -0.4 is 5.32 Å². The van der Waals surface area contributed by atoms with Crippen molar-refractivity contribution in [1.82, 2.24) is 10.2 Å². The average molecular weight is 401 g/mol. The quantitative estimate of drug-likeness (QED) is 0.796. The molecule has 1 aliphatic rings. The first-order valence-electron chi connectivity index (χ1n) is 8.91. The number of amides is 1. The molecule has 0 saturated carbocycles. The van der Waals surface area contributed by atoms with E-state index in [0.29, 0.717) is 11.4 Å². The van der Waals surface area contributed by atoms with Gasteiger partial charge in [0.25, 0.3) is 0 Å². The normalized spacial score (nSPS) is 20.9. The molecule has 0 spiro atoms. The lowest BCUT2D eigenvalue weighted by Gasteiger charge is -2.29. The first-order valence-corrected chi connectivity index (χ1v) is 11.1. The van der Waals surface area contributed by atoms with Crippen molar-refractivity contribution in [2.75, 3.05) is 25.1 Å². The summed E-state index contributed by atoms with van der Waals surface area (Å²) in [6, 6.07) is 7.34. The van der Waals surface area contributed by atoms with E-state index in [1.54, 1.807) is 0 Å². The van der Waals surface area contributed by atoms with Crippen LogP contribution in [0.15, 0.2) is 24.3 Å². The molecule has 1 aromatic carbocycles. The lowest BCUT2D eigenvalue weighted by atomic mass is 9.85. The van der Waals surface area contributed by atoms with E-state index in [0.717, 1.165) is 12.0 Å². The number of sulfone groups is 1. The number of rotatable bonds is 6. The highest BCUT2D eigenvalue weighted by atomic mass is 35.5. The van der Waals surface area contributed by atoms with Crippen LogP contribution in [-0.2, 0) is 14.6 Å². The first kappa shape index (κ1) is 21.2. The van der Waals surface area contributed by atoms with Gasteiger partial charge >= 0.3 is 0 Å². The van der Waals surface area contributed by atoms with Gasteiger partial charge in [0.15, 0.2) is 9.84 Å². The monoisotopic (exact) mass is 400 g/mol. The van der Waals surface area contributed by atoms with Crippen LogP contribution in [0.1, 0.15) is 45.2 Å². The molecule has 0 aromatic heterocycles. The molecule has 0 aliphatic carbocycles. The van der Waals surface area contributed by atoms with Crippen molar-refractivity contribution in [2.24, 2.45) is 5.41 Å². The molecule has 1 aliphatic heterocycles. The summed E-state index contributed by atoms with van der Waals surface area (Å²) in [7, 11) is -1.14. The lowest BCUT2D eigenvalue weighted by Crippen LogP contribution is -2.42. The number of nitrogens with one attached hydrogen (secondary N) is 1. The zero-order chi connectivity index (χ0) is 19.5. The Hall–Kier alpha value is -1.11. The molecule has 0 radical (unpaired) electrons. The van der Waals surface area contributed by atoms with E-state index in [9.17, 15) is 13.2 Å². The molecule has 1 amide bonds. The fourth-order valence-electron chi connectivity index (χ4n) is 3.28.